The Labute approximate surface area is 179 Å². The number of benzene rings is 2. The first kappa shape index (κ1) is 21.4. The lowest BCUT2D eigenvalue weighted by atomic mass is 10.1. The lowest BCUT2D eigenvalue weighted by molar-refractivity contribution is -0.122. The van der Waals surface area contributed by atoms with Gasteiger partial charge in [-0.05, 0) is 56.7 Å². The van der Waals surface area contributed by atoms with Crippen LogP contribution in [0.4, 0.5) is 10.5 Å². The van der Waals surface area contributed by atoms with Crippen LogP contribution in [0.5, 0.6) is 11.5 Å². The summed E-state index contributed by atoms with van der Waals surface area (Å²) in [6.07, 6.45) is 1.24. The Morgan fingerprint density at radius 2 is 1.77 bits per heavy atom. The summed E-state index contributed by atoms with van der Waals surface area (Å²) in [6.45, 7) is 5.60. The molecule has 3 rings (SSSR count). The van der Waals surface area contributed by atoms with Crippen molar-refractivity contribution in [3.8, 4) is 11.5 Å². The minimum atomic E-state index is -0.803. The number of hydrogen-bond acceptors (Lipinski definition) is 5. The van der Waals surface area contributed by atoms with E-state index >= 15 is 0 Å². The highest BCUT2D eigenvalue weighted by molar-refractivity contribution is 6.39. The Hall–Kier alpha value is -3.32. The van der Waals surface area contributed by atoms with Gasteiger partial charge in [0.05, 0.1) is 23.9 Å². The van der Waals surface area contributed by atoms with E-state index in [-0.39, 0.29) is 16.7 Å². The molecule has 0 atom stereocenters. The molecular weight excluding hydrogens is 408 g/mol. The van der Waals surface area contributed by atoms with Crippen LogP contribution < -0.4 is 19.7 Å². The van der Waals surface area contributed by atoms with E-state index in [0.29, 0.717) is 22.7 Å². The fourth-order valence-corrected chi connectivity index (χ4v) is 3.19. The monoisotopic (exact) mass is 428 g/mol. The number of nitrogens with zero attached hydrogens (tertiary/aromatic N) is 1. The van der Waals surface area contributed by atoms with Crippen molar-refractivity contribution in [1.29, 1.82) is 0 Å². The third-order valence-corrected chi connectivity index (χ3v) is 4.59. The summed E-state index contributed by atoms with van der Waals surface area (Å²) < 4.78 is 11.0. The lowest BCUT2D eigenvalue weighted by Crippen LogP contribution is -2.54. The first-order valence-electron chi connectivity index (χ1n) is 9.23. The van der Waals surface area contributed by atoms with E-state index in [1.54, 1.807) is 36.4 Å². The van der Waals surface area contributed by atoms with Crippen LogP contribution in [0.25, 0.3) is 6.08 Å². The van der Waals surface area contributed by atoms with Crippen molar-refractivity contribution in [2.24, 2.45) is 0 Å². The zero-order chi connectivity index (χ0) is 22.0. The minimum absolute atomic E-state index is 0.125. The molecule has 0 bridgehead atoms. The summed E-state index contributed by atoms with van der Waals surface area (Å²) >= 11 is 6.33. The predicted molar refractivity (Wildman–Crippen MR) is 114 cm³/mol. The Morgan fingerprint density at radius 3 is 2.37 bits per heavy atom. The number of carbonyl (C=O) groups excluding carboxylic acids is 3. The van der Waals surface area contributed by atoms with Gasteiger partial charge in [0, 0.05) is 0 Å². The smallest absolute Gasteiger partial charge is 0.335 e. The Balaban J connectivity index is 2.02. The van der Waals surface area contributed by atoms with E-state index in [2.05, 4.69) is 5.32 Å². The third kappa shape index (κ3) is 4.31. The van der Waals surface area contributed by atoms with Gasteiger partial charge in [0.1, 0.15) is 5.57 Å². The molecular formula is C22H21ClN2O5. The van der Waals surface area contributed by atoms with Crippen LogP contribution >= 0.6 is 11.6 Å². The number of barbiturate groups is 1. The van der Waals surface area contributed by atoms with Crippen LogP contribution in [0, 0.1) is 6.92 Å². The van der Waals surface area contributed by atoms with Gasteiger partial charge in [-0.2, -0.15) is 0 Å². The molecule has 0 saturated carbocycles. The van der Waals surface area contributed by atoms with Gasteiger partial charge in [0.2, 0.25) is 0 Å². The average molecular weight is 429 g/mol. The molecule has 0 aliphatic carbocycles. The number of rotatable bonds is 5. The predicted octanol–water partition coefficient (Wildman–Crippen LogP) is 4.11. The molecule has 1 aliphatic rings. The topological polar surface area (TPSA) is 84.9 Å². The zero-order valence-electron chi connectivity index (χ0n) is 17.0. The van der Waals surface area contributed by atoms with Gasteiger partial charge < -0.3 is 9.47 Å². The third-order valence-electron chi connectivity index (χ3n) is 4.31. The minimum Gasteiger partial charge on any atom is -0.493 e. The highest BCUT2D eigenvalue weighted by atomic mass is 35.5. The molecule has 1 fully saturated rings. The largest absolute Gasteiger partial charge is 0.493 e. The molecule has 0 unspecified atom stereocenters. The van der Waals surface area contributed by atoms with Crippen LogP contribution in [-0.4, -0.2) is 31.1 Å². The summed E-state index contributed by atoms with van der Waals surface area (Å²) in [5.74, 6) is -0.790. The van der Waals surface area contributed by atoms with Gasteiger partial charge in [0.15, 0.2) is 11.5 Å². The summed E-state index contributed by atoms with van der Waals surface area (Å²) in [5.41, 5.74) is 1.58. The molecule has 1 aliphatic heterocycles. The number of ether oxygens (including phenoxy) is 2. The second-order valence-electron chi connectivity index (χ2n) is 6.99. The fourth-order valence-electron chi connectivity index (χ4n) is 2.93. The molecule has 2 aromatic rings. The van der Waals surface area contributed by atoms with Crippen LogP contribution in [0.15, 0.2) is 42.0 Å². The zero-order valence-corrected chi connectivity index (χ0v) is 17.7. The quantitative estimate of drug-likeness (QED) is 0.572. The number of nitrogens with one attached hydrogen (secondary N) is 1. The maximum atomic E-state index is 13.0. The second-order valence-corrected chi connectivity index (χ2v) is 7.40. The molecule has 8 heteroatoms. The number of imide groups is 2. The van der Waals surface area contributed by atoms with Crippen LogP contribution in [0.2, 0.25) is 5.02 Å². The number of urea groups is 1. The Morgan fingerprint density at radius 1 is 1.10 bits per heavy atom. The average Bonchev–Trinajstić information content (AvgIpc) is 2.68. The van der Waals surface area contributed by atoms with Crippen LogP contribution in [0.3, 0.4) is 0 Å². The highest BCUT2D eigenvalue weighted by Crippen LogP contribution is 2.38. The molecule has 0 spiro atoms. The Bertz CT molecular complexity index is 1040. The van der Waals surface area contributed by atoms with E-state index < -0.39 is 17.8 Å². The van der Waals surface area contributed by atoms with E-state index in [0.717, 1.165) is 10.5 Å². The molecule has 30 heavy (non-hydrogen) atoms. The number of carbonyl (C=O) groups is 3. The normalized spacial score (nSPS) is 15.6. The summed E-state index contributed by atoms with van der Waals surface area (Å²) in [5, 5.41) is 2.46. The van der Waals surface area contributed by atoms with E-state index in [1.807, 2.05) is 20.8 Å². The second kappa shape index (κ2) is 8.59. The van der Waals surface area contributed by atoms with E-state index in [1.165, 1.54) is 13.2 Å². The van der Waals surface area contributed by atoms with Crippen molar-refractivity contribution < 1.29 is 23.9 Å². The van der Waals surface area contributed by atoms with Gasteiger partial charge in [-0.25, -0.2) is 9.69 Å². The lowest BCUT2D eigenvalue weighted by Gasteiger charge is -2.26. The maximum Gasteiger partial charge on any atom is 0.335 e. The van der Waals surface area contributed by atoms with Gasteiger partial charge in [-0.15, -0.1) is 0 Å². The molecule has 1 saturated heterocycles. The number of methoxy groups -OCH3 is 1. The van der Waals surface area contributed by atoms with Gasteiger partial charge in [0.25, 0.3) is 11.8 Å². The van der Waals surface area contributed by atoms with E-state index in [4.69, 9.17) is 21.1 Å². The maximum absolute atomic E-state index is 13.0. The van der Waals surface area contributed by atoms with Gasteiger partial charge >= 0.3 is 6.03 Å². The molecule has 2 aromatic carbocycles. The van der Waals surface area contributed by atoms with Crippen molar-refractivity contribution in [1.82, 2.24) is 5.32 Å². The number of halogens is 1. The molecule has 156 valence electrons. The van der Waals surface area contributed by atoms with Crippen LogP contribution in [0.1, 0.15) is 25.0 Å². The molecule has 0 aromatic heterocycles. The molecule has 1 N–H and O–H groups in total. The van der Waals surface area contributed by atoms with Crippen molar-refractivity contribution in [2.75, 3.05) is 12.0 Å². The van der Waals surface area contributed by atoms with Crippen molar-refractivity contribution in [3.05, 3.63) is 58.1 Å². The Kier molecular flexibility index (Phi) is 6.12. The van der Waals surface area contributed by atoms with Crippen molar-refractivity contribution in [2.45, 2.75) is 26.9 Å². The van der Waals surface area contributed by atoms with Crippen LogP contribution in [-0.2, 0) is 9.59 Å². The number of amides is 4. The number of hydrogen-bond donors (Lipinski definition) is 1. The summed E-state index contributed by atoms with van der Waals surface area (Å²) in [4.78, 5) is 38.5. The summed E-state index contributed by atoms with van der Waals surface area (Å²) in [6, 6.07) is 9.17. The standard InChI is InChI=1S/C22H21ClN2O5/c1-12(2)30-19-17(23)10-14(11-18(19)29-4)9-16-20(26)24-22(28)25(21(16)27)15-7-5-13(3)6-8-15/h5-12H,1-4H3,(H,24,26,28)/b16-9+. The molecule has 4 amide bonds. The van der Waals surface area contributed by atoms with Gasteiger partial charge in [-0.3, -0.25) is 14.9 Å². The molecule has 0 radical (unpaired) electrons. The van der Waals surface area contributed by atoms with Crippen molar-refractivity contribution in [3.63, 3.8) is 0 Å². The number of anilines is 1. The SMILES string of the molecule is COc1cc(/C=C2\C(=O)NC(=O)N(c3ccc(C)cc3)C2=O)cc(Cl)c1OC(C)C. The first-order chi connectivity index (χ1) is 14.2. The molecule has 1 heterocycles. The highest BCUT2D eigenvalue weighted by Gasteiger charge is 2.36. The number of aryl methyl sites for hydroxylation is 1. The van der Waals surface area contributed by atoms with E-state index in [9.17, 15) is 14.4 Å². The fraction of sp³-hybridized carbons (Fsp3) is 0.227. The van der Waals surface area contributed by atoms with Gasteiger partial charge in [-0.1, -0.05) is 29.3 Å². The van der Waals surface area contributed by atoms with Crippen molar-refractivity contribution >= 4 is 41.2 Å². The first-order valence-corrected chi connectivity index (χ1v) is 9.61. The summed E-state index contributed by atoms with van der Waals surface area (Å²) in [7, 11) is 1.46. The molecule has 7 nitrogen and oxygen atoms in total.